The van der Waals surface area contributed by atoms with E-state index in [1.807, 2.05) is 6.08 Å². The lowest BCUT2D eigenvalue weighted by molar-refractivity contribution is -0.142. The molecule has 3 unspecified atom stereocenters. The molecule has 2 aliphatic rings. The number of oxime groups is 1. The lowest BCUT2D eigenvalue weighted by Crippen LogP contribution is -2.38. The number of rotatable bonds is 5. The molecular formula is C13H19NO5. The number of nitrogens with zero attached hydrogens (tertiary/aromatic N) is 1. The van der Waals surface area contributed by atoms with Crippen molar-refractivity contribution in [1.82, 2.24) is 0 Å². The van der Waals surface area contributed by atoms with Crippen LogP contribution < -0.4 is 0 Å². The highest BCUT2D eigenvalue weighted by Gasteiger charge is 2.51. The molecule has 0 aliphatic heterocycles. The van der Waals surface area contributed by atoms with E-state index in [9.17, 15) is 15.0 Å². The summed E-state index contributed by atoms with van der Waals surface area (Å²) in [7, 11) is 0. The number of aliphatic carboxylic acids is 1. The largest absolute Gasteiger partial charge is 0.479 e. The molecule has 0 radical (unpaired) electrons. The summed E-state index contributed by atoms with van der Waals surface area (Å²) in [5, 5.41) is 31.6. The summed E-state index contributed by atoms with van der Waals surface area (Å²) in [6, 6.07) is 0. The van der Waals surface area contributed by atoms with E-state index in [2.05, 4.69) is 5.16 Å². The van der Waals surface area contributed by atoms with Crippen LogP contribution in [0.4, 0.5) is 0 Å². The van der Waals surface area contributed by atoms with Crippen LogP contribution in [0.1, 0.15) is 19.8 Å². The van der Waals surface area contributed by atoms with Gasteiger partial charge < -0.3 is 20.2 Å². The van der Waals surface area contributed by atoms with Gasteiger partial charge in [-0.2, -0.15) is 0 Å². The van der Waals surface area contributed by atoms with Gasteiger partial charge in [0.1, 0.15) is 0 Å². The lowest BCUT2D eigenvalue weighted by Gasteiger charge is -2.33. The molecule has 0 aromatic carbocycles. The molecule has 2 rings (SSSR count). The molecule has 6 heteroatoms. The molecule has 2 fully saturated rings. The zero-order valence-corrected chi connectivity index (χ0v) is 10.8. The lowest BCUT2D eigenvalue weighted by atomic mass is 9.73. The van der Waals surface area contributed by atoms with Crippen LogP contribution in [0.25, 0.3) is 0 Å². The van der Waals surface area contributed by atoms with Crippen LogP contribution in [0.15, 0.2) is 17.3 Å². The van der Waals surface area contributed by atoms with Crippen LogP contribution in [-0.2, 0) is 9.63 Å². The van der Waals surface area contributed by atoms with Gasteiger partial charge in [-0.3, -0.25) is 0 Å². The van der Waals surface area contributed by atoms with Crippen molar-refractivity contribution in [2.45, 2.75) is 32.0 Å². The Morgan fingerprint density at radius 2 is 2.37 bits per heavy atom. The van der Waals surface area contributed by atoms with Gasteiger partial charge in [-0.1, -0.05) is 17.3 Å². The number of carboxylic acids is 1. The predicted octanol–water partition coefficient (Wildman–Crippen LogP) is 0.398. The van der Waals surface area contributed by atoms with Gasteiger partial charge in [0.25, 0.3) is 0 Å². The smallest absolute Gasteiger partial charge is 0.344 e. The first kappa shape index (κ1) is 14.0. The Hall–Kier alpha value is -1.40. The van der Waals surface area contributed by atoms with E-state index >= 15 is 0 Å². The highest BCUT2D eigenvalue weighted by Crippen LogP contribution is 2.48. The van der Waals surface area contributed by atoms with Crippen molar-refractivity contribution in [3.63, 3.8) is 0 Å². The van der Waals surface area contributed by atoms with Crippen molar-refractivity contribution < 1.29 is 25.0 Å². The van der Waals surface area contributed by atoms with Crippen LogP contribution in [0.5, 0.6) is 0 Å². The summed E-state index contributed by atoms with van der Waals surface area (Å²) in [5.74, 6) is -0.676. The third-order valence-electron chi connectivity index (χ3n) is 3.80. The average molecular weight is 269 g/mol. The maximum Gasteiger partial charge on any atom is 0.344 e. The van der Waals surface area contributed by atoms with E-state index in [4.69, 9.17) is 9.94 Å². The highest BCUT2D eigenvalue weighted by molar-refractivity contribution is 5.93. The summed E-state index contributed by atoms with van der Waals surface area (Å²) in [4.78, 5) is 15.0. The summed E-state index contributed by atoms with van der Waals surface area (Å²) in [6.45, 7) is 1.23. The normalized spacial score (nSPS) is 37.1. The number of hydrogen-bond acceptors (Lipinski definition) is 5. The zero-order chi connectivity index (χ0) is 14.0. The van der Waals surface area contributed by atoms with Crippen molar-refractivity contribution >= 4 is 11.7 Å². The molecule has 0 amide bonds. The van der Waals surface area contributed by atoms with Gasteiger partial charge in [-0.25, -0.2) is 4.79 Å². The van der Waals surface area contributed by atoms with E-state index in [0.717, 1.165) is 12.1 Å². The number of carbonyl (C=O) groups is 1. The van der Waals surface area contributed by atoms with E-state index in [-0.39, 0.29) is 17.8 Å². The van der Waals surface area contributed by atoms with E-state index in [0.29, 0.717) is 6.42 Å². The molecule has 0 aromatic heterocycles. The first-order valence-corrected chi connectivity index (χ1v) is 6.44. The van der Waals surface area contributed by atoms with Gasteiger partial charge >= 0.3 is 5.97 Å². The molecule has 5 atom stereocenters. The molecule has 106 valence electrons. The SMILES string of the molecule is CC(O)C=CC1C[C@@H]2C(=NOCC(=O)O)C[C@H]2C1O. The van der Waals surface area contributed by atoms with Crippen LogP contribution in [0.2, 0.25) is 0 Å². The van der Waals surface area contributed by atoms with E-state index in [1.165, 1.54) is 0 Å². The fraction of sp³-hybridized carbons (Fsp3) is 0.692. The molecule has 2 aliphatic carbocycles. The number of aliphatic hydroxyl groups is 2. The Bertz CT molecular complexity index is 404. The van der Waals surface area contributed by atoms with Gasteiger partial charge in [-0.15, -0.1) is 0 Å². The Kier molecular flexibility index (Phi) is 4.21. The second kappa shape index (κ2) is 5.71. The molecule has 6 nitrogen and oxygen atoms in total. The van der Waals surface area contributed by atoms with Crippen molar-refractivity contribution in [2.24, 2.45) is 22.9 Å². The van der Waals surface area contributed by atoms with Gasteiger partial charge in [0.2, 0.25) is 6.61 Å². The topological polar surface area (TPSA) is 99.4 Å². The molecule has 0 saturated heterocycles. The minimum atomic E-state index is -1.05. The maximum atomic E-state index is 10.3. The van der Waals surface area contributed by atoms with Gasteiger partial charge in [0.15, 0.2) is 0 Å². The maximum absolute atomic E-state index is 10.3. The van der Waals surface area contributed by atoms with E-state index < -0.39 is 24.8 Å². The summed E-state index contributed by atoms with van der Waals surface area (Å²) in [6.07, 6.45) is 4.02. The van der Waals surface area contributed by atoms with Crippen LogP contribution in [0, 0.1) is 17.8 Å². The fourth-order valence-corrected chi connectivity index (χ4v) is 2.81. The molecule has 2 saturated carbocycles. The third kappa shape index (κ3) is 3.13. The summed E-state index contributed by atoms with van der Waals surface area (Å²) < 4.78 is 0. The average Bonchev–Trinajstić information content (AvgIpc) is 2.54. The number of aliphatic hydroxyl groups excluding tert-OH is 2. The van der Waals surface area contributed by atoms with Gasteiger partial charge in [-0.05, 0) is 25.7 Å². The molecule has 0 heterocycles. The van der Waals surface area contributed by atoms with Crippen molar-refractivity contribution in [3.8, 4) is 0 Å². The van der Waals surface area contributed by atoms with Gasteiger partial charge in [0.05, 0.1) is 17.9 Å². The Balaban J connectivity index is 1.89. The highest BCUT2D eigenvalue weighted by atomic mass is 16.6. The van der Waals surface area contributed by atoms with Crippen molar-refractivity contribution in [2.75, 3.05) is 6.61 Å². The summed E-state index contributed by atoms with van der Waals surface area (Å²) >= 11 is 0. The minimum Gasteiger partial charge on any atom is -0.479 e. The molecule has 19 heavy (non-hydrogen) atoms. The molecule has 3 N–H and O–H groups in total. The third-order valence-corrected chi connectivity index (χ3v) is 3.80. The Morgan fingerprint density at radius 1 is 1.63 bits per heavy atom. The first-order chi connectivity index (χ1) is 8.99. The Labute approximate surface area is 111 Å². The van der Waals surface area contributed by atoms with E-state index in [1.54, 1.807) is 13.0 Å². The zero-order valence-electron chi connectivity index (χ0n) is 10.8. The van der Waals surface area contributed by atoms with Gasteiger partial charge in [0, 0.05) is 11.8 Å². The Morgan fingerprint density at radius 3 is 3.00 bits per heavy atom. The van der Waals surface area contributed by atoms with Crippen LogP contribution in [-0.4, -0.2) is 45.8 Å². The predicted molar refractivity (Wildman–Crippen MR) is 67.6 cm³/mol. The fourth-order valence-electron chi connectivity index (χ4n) is 2.81. The number of carboxylic acid groups (broad SMARTS) is 1. The molecule has 0 aromatic rings. The molecular weight excluding hydrogens is 250 g/mol. The number of fused-ring (bicyclic) bond motifs is 1. The number of hydrogen-bond donors (Lipinski definition) is 3. The minimum absolute atomic E-state index is 0.0248. The standard InChI is InChI=1S/C13H19NO5/c1-7(15)2-3-8-4-9-10(13(8)18)5-11(9)14-19-6-12(16)17/h2-3,7-10,13,15,18H,4-6H2,1H3,(H,16,17)/t7?,8?,9-,10+,13?/m0/s1. The molecule has 0 spiro atoms. The molecule has 0 bridgehead atoms. The second-order valence-electron chi connectivity index (χ2n) is 5.24. The monoisotopic (exact) mass is 269 g/mol. The van der Waals surface area contributed by atoms with Crippen molar-refractivity contribution in [3.05, 3.63) is 12.2 Å². The first-order valence-electron chi connectivity index (χ1n) is 6.44. The van der Waals surface area contributed by atoms with Crippen LogP contribution in [0.3, 0.4) is 0 Å². The second-order valence-corrected chi connectivity index (χ2v) is 5.24. The van der Waals surface area contributed by atoms with Crippen LogP contribution >= 0.6 is 0 Å². The quantitative estimate of drug-likeness (QED) is 0.495. The summed E-state index contributed by atoms with van der Waals surface area (Å²) in [5.41, 5.74) is 0.832. The van der Waals surface area contributed by atoms with Crippen molar-refractivity contribution in [1.29, 1.82) is 0 Å².